The molecule has 2 heterocycles. The Kier molecular flexibility index (Phi) is 4.78. The molecule has 1 aromatic heterocycles. The van der Waals surface area contributed by atoms with Gasteiger partial charge in [0.1, 0.15) is 0 Å². The minimum absolute atomic E-state index is 0.553. The second-order valence-corrected chi connectivity index (χ2v) is 5.32. The third kappa shape index (κ3) is 3.12. The summed E-state index contributed by atoms with van der Waals surface area (Å²) in [5, 5.41) is 8.13. The van der Waals surface area contributed by atoms with Gasteiger partial charge in [-0.25, -0.2) is 0 Å². The predicted octanol–water partition coefficient (Wildman–Crippen LogP) is 2.04. The fourth-order valence-corrected chi connectivity index (χ4v) is 2.73. The molecule has 1 N–H and O–H groups in total. The summed E-state index contributed by atoms with van der Waals surface area (Å²) in [7, 11) is 2.20. The van der Waals surface area contributed by atoms with Crippen LogP contribution in [0, 0.1) is 0 Å². The molecule has 0 bridgehead atoms. The average Bonchev–Trinajstić information content (AvgIpc) is 3.01. The third-order valence-corrected chi connectivity index (χ3v) is 4.05. The number of rotatable bonds is 6. The van der Waals surface area contributed by atoms with Crippen LogP contribution in [0.1, 0.15) is 44.8 Å². The molecule has 1 saturated heterocycles. The van der Waals surface area contributed by atoms with Crippen molar-refractivity contribution in [3.05, 3.63) is 18.0 Å². The van der Waals surface area contributed by atoms with E-state index in [1.807, 2.05) is 0 Å². The summed E-state index contributed by atoms with van der Waals surface area (Å²) >= 11 is 0. The van der Waals surface area contributed by atoms with Crippen molar-refractivity contribution < 1.29 is 0 Å². The molecule has 4 nitrogen and oxygen atoms in total. The van der Waals surface area contributed by atoms with Gasteiger partial charge in [-0.2, -0.15) is 5.10 Å². The first-order valence-electron chi connectivity index (χ1n) is 7.19. The molecule has 1 aliphatic heterocycles. The standard InChI is InChI=1S/C14H26N4/c1-4-13(5-2)18-9-7-12(16-18)11-17(3)14-6-8-15-10-14/h7,9,13-15H,4-6,8,10-11H2,1-3H3. The van der Waals surface area contributed by atoms with Gasteiger partial charge in [0.2, 0.25) is 0 Å². The van der Waals surface area contributed by atoms with Gasteiger partial charge in [0.05, 0.1) is 11.7 Å². The molecule has 0 amide bonds. The maximum Gasteiger partial charge on any atom is 0.0764 e. The molecule has 1 unspecified atom stereocenters. The molecule has 2 rings (SSSR count). The van der Waals surface area contributed by atoms with Crippen LogP contribution in [0.3, 0.4) is 0 Å². The summed E-state index contributed by atoms with van der Waals surface area (Å²) in [5.74, 6) is 0. The van der Waals surface area contributed by atoms with Gasteiger partial charge in [0.25, 0.3) is 0 Å². The van der Waals surface area contributed by atoms with Gasteiger partial charge in [0, 0.05) is 25.3 Å². The van der Waals surface area contributed by atoms with E-state index in [2.05, 4.69) is 48.1 Å². The van der Waals surface area contributed by atoms with Crippen LogP contribution in [-0.2, 0) is 6.54 Å². The minimum atomic E-state index is 0.553. The van der Waals surface area contributed by atoms with Crippen molar-refractivity contribution in [2.45, 2.75) is 51.7 Å². The quantitative estimate of drug-likeness (QED) is 0.838. The van der Waals surface area contributed by atoms with E-state index in [-0.39, 0.29) is 0 Å². The molecule has 0 radical (unpaired) electrons. The topological polar surface area (TPSA) is 33.1 Å². The number of nitrogens with one attached hydrogen (secondary N) is 1. The first-order chi connectivity index (χ1) is 8.74. The van der Waals surface area contributed by atoms with Crippen molar-refractivity contribution in [2.24, 2.45) is 0 Å². The van der Waals surface area contributed by atoms with Crippen molar-refractivity contribution in [1.29, 1.82) is 0 Å². The number of nitrogens with zero attached hydrogens (tertiary/aromatic N) is 3. The van der Waals surface area contributed by atoms with Crippen LogP contribution in [0.2, 0.25) is 0 Å². The zero-order chi connectivity index (χ0) is 13.0. The molecule has 0 spiro atoms. The molecule has 1 fully saturated rings. The lowest BCUT2D eigenvalue weighted by molar-refractivity contribution is 0.244. The molecule has 4 heteroatoms. The summed E-state index contributed by atoms with van der Waals surface area (Å²) < 4.78 is 2.13. The summed E-state index contributed by atoms with van der Waals surface area (Å²) in [6, 6.07) is 3.39. The molecule has 1 aliphatic rings. The Balaban J connectivity index is 1.93. The van der Waals surface area contributed by atoms with Crippen molar-refractivity contribution in [3.63, 3.8) is 0 Å². The van der Waals surface area contributed by atoms with Crippen LogP contribution >= 0.6 is 0 Å². The summed E-state index contributed by atoms with van der Waals surface area (Å²) in [4.78, 5) is 2.42. The van der Waals surface area contributed by atoms with Gasteiger partial charge in [-0.3, -0.25) is 9.58 Å². The summed E-state index contributed by atoms with van der Waals surface area (Å²) in [6.07, 6.45) is 5.69. The lowest BCUT2D eigenvalue weighted by atomic mass is 10.2. The zero-order valence-corrected chi connectivity index (χ0v) is 11.9. The SMILES string of the molecule is CCC(CC)n1ccc(CN(C)C2CCNC2)n1. The van der Waals surface area contributed by atoms with E-state index in [0.717, 1.165) is 32.5 Å². The summed E-state index contributed by atoms with van der Waals surface area (Å²) in [5.41, 5.74) is 1.19. The maximum atomic E-state index is 4.72. The molecule has 0 aromatic carbocycles. The van der Waals surface area contributed by atoms with E-state index in [1.54, 1.807) is 0 Å². The first-order valence-corrected chi connectivity index (χ1v) is 7.19. The Hall–Kier alpha value is -0.870. The van der Waals surface area contributed by atoms with E-state index in [4.69, 9.17) is 5.10 Å². The maximum absolute atomic E-state index is 4.72. The van der Waals surface area contributed by atoms with Crippen LogP contribution in [-0.4, -0.2) is 40.9 Å². The van der Waals surface area contributed by atoms with Crippen LogP contribution < -0.4 is 5.32 Å². The number of aromatic nitrogens is 2. The van der Waals surface area contributed by atoms with Gasteiger partial charge < -0.3 is 5.32 Å². The van der Waals surface area contributed by atoms with Crippen molar-refractivity contribution in [3.8, 4) is 0 Å². The van der Waals surface area contributed by atoms with Crippen molar-refractivity contribution >= 4 is 0 Å². The number of hydrogen-bond acceptors (Lipinski definition) is 3. The zero-order valence-electron chi connectivity index (χ0n) is 11.9. The van der Waals surface area contributed by atoms with E-state index >= 15 is 0 Å². The highest BCUT2D eigenvalue weighted by Crippen LogP contribution is 2.16. The highest BCUT2D eigenvalue weighted by atomic mass is 15.3. The molecular formula is C14H26N4. The van der Waals surface area contributed by atoms with Gasteiger partial charge in [-0.05, 0) is 38.9 Å². The van der Waals surface area contributed by atoms with Gasteiger partial charge in [-0.1, -0.05) is 13.8 Å². The molecule has 0 aliphatic carbocycles. The van der Waals surface area contributed by atoms with Gasteiger partial charge in [-0.15, -0.1) is 0 Å². The lowest BCUT2D eigenvalue weighted by Crippen LogP contribution is -2.33. The van der Waals surface area contributed by atoms with Crippen LogP contribution in [0.5, 0.6) is 0 Å². The third-order valence-electron chi connectivity index (χ3n) is 4.05. The van der Waals surface area contributed by atoms with Crippen LogP contribution in [0.15, 0.2) is 12.3 Å². The molecule has 1 aromatic rings. The van der Waals surface area contributed by atoms with E-state index in [1.165, 1.54) is 12.1 Å². The molecule has 18 heavy (non-hydrogen) atoms. The normalized spacial score (nSPS) is 20.2. The fraction of sp³-hybridized carbons (Fsp3) is 0.786. The van der Waals surface area contributed by atoms with E-state index in [0.29, 0.717) is 12.1 Å². The first kappa shape index (κ1) is 13.6. The highest BCUT2D eigenvalue weighted by Gasteiger charge is 2.19. The number of hydrogen-bond donors (Lipinski definition) is 1. The Morgan fingerprint density at radius 3 is 2.89 bits per heavy atom. The van der Waals surface area contributed by atoms with Crippen LogP contribution in [0.4, 0.5) is 0 Å². The second kappa shape index (κ2) is 6.34. The predicted molar refractivity (Wildman–Crippen MR) is 74.6 cm³/mol. The Bertz CT molecular complexity index is 350. The minimum Gasteiger partial charge on any atom is -0.315 e. The van der Waals surface area contributed by atoms with Crippen molar-refractivity contribution in [2.75, 3.05) is 20.1 Å². The highest BCUT2D eigenvalue weighted by molar-refractivity contribution is 5.00. The number of likely N-dealkylation sites (N-methyl/N-ethyl adjacent to an activating group) is 1. The largest absolute Gasteiger partial charge is 0.315 e. The molecule has 102 valence electrons. The lowest BCUT2D eigenvalue weighted by Gasteiger charge is -2.22. The molecule has 1 atom stereocenters. The van der Waals surface area contributed by atoms with E-state index in [9.17, 15) is 0 Å². The second-order valence-electron chi connectivity index (χ2n) is 5.32. The Labute approximate surface area is 110 Å². The van der Waals surface area contributed by atoms with E-state index < -0.39 is 0 Å². The van der Waals surface area contributed by atoms with Crippen LogP contribution in [0.25, 0.3) is 0 Å². The Morgan fingerprint density at radius 1 is 1.50 bits per heavy atom. The van der Waals surface area contributed by atoms with Gasteiger partial charge in [0.15, 0.2) is 0 Å². The monoisotopic (exact) mass is 250 g/mol. The Morgan fingerprint density at radius 2 is 2.28 bits per heavy atom. The smallest absolute Gasteiger partial charge is 0.0764 e. The van der Waals surface area contributed by atoms with Crippen molar-refractivity contribution in [1.82, 2.24) is 20.0 Å². The average molecular weight is 250 g/mol. The summed E-state index contributed by atoms with van der Waals surface area (Å²) in [6.45, 7) is 7.68. The molecular weight excluding hydrogens is 224 g/mol. The molecule has 0 saturated carbocycles. The van der Waals surface area contributed by atoms with Gasteiger partial charge >= 0.3 is 0 Å². The fourth-order valence-electron chi connectivity index (χ4n) is 2.73.